The Morgan fingerprint density at radius 3 is 0.938 bits per heavy atom. The molecule has 4 fully saturated rings. The van der Waals surface area contributed by atoms with Gasteiger partial charge in [0, 0.05) is 0 Å². The predicted molar refractivity (Wildman–Crippen MR) is 145 cm³/mol. The second kappa shape index (κ2) is 17.6. The number of rotatable bonds is 13. The lowest BCUT2D eigenvalue weighted by atomic mass is 9.97. The van der Waals surface area contributed by atoms with Crippen LogP contribution in [0.15, 0.2) is 0 Å². The first-order valence-electron chi connectivity index (χ1n) is 15.2. The summed E-state index contributed by atoms with van der Waals surface area (Å²) in [5.41, 5.74) is 0. The Morgan fingerprint density at radius 2 is 0.625 bits per heavy atom. The smallest absolute Gasteiger partial charge is 0.187 e. The van der Waals surface area contributed by atoms with Crippen molar-refractivity contribution in [1.82, 2.24) is 0 Å². The van der Waals surface area contributed by atoms with Crippen molar-refractivity contribution in [2.75, 3.05) is 39.6 Å². The SMILES string of the molecule is OC[C@H]1O[C@H](O[C@H]2[C@H](O)[C@@H](O)[C@H](OCCO[C@H]3O[C@H](CO)[C@@H](O[C@H]4O[C@H](CO)[C@@H](O)[C@H](O)[C@H]4O)[C@H](O)[C@H]3O)O[C@@H]2CO)[C@H](O)[C@@H](O)[C@@H]1O. The third kappa shape index (κ3) is 8.42. The summed E-state index contributed by atoms with van der Waals surface area (Å²) in [6, 6.07) is 0. The van der Waals surface area contributed by atoms with E-state index in [0.29, 0.717) is 0 Å². The van der Waals surface area contributed by atoms with E-state index >= 15 is 0 Å². The molecule has 282 valence electrons. The van der Waals surface area contributed by atoms with Gasteiger partial charge in [0.25, 0.3) is 0 Å². The molecule has 0 aromatic carbocycles. The van der Waals surface area contributed by atoms with Gasteiger partial charge in [0.1, 0.15) is 97.7 Å². The van der Waals surface area contributed by atoms with Gasteiger partial charge in [-0.1, -0.05) is 0 Å². The van der Waals surface area contributed by atoms with Crippen molar-refractivity contribution in [1.29, 1.82) is 0 Å². The first-order valence-corrected chi connectivity index (χ1v) is 15.2. The van der Waals surface area contributed by atoms with Crippen molar-refractivity contribution in [2.24, 2.45) is 0 Å². The highest BCUT2D eigenvalue weighted by molar-refractivity contribution is 4.95. The monoisotopic (exact) mass is 710 g/mol. The van der Waals surface area contributed by atoms with Gasteiger partial charge >= 0.3 is 0 Å². The zero-order valence-corrected chi connectivity index (χ0v) is 25.3. The molecule has 0 aromatic heterocycles. The van der Waals surface area contributed by atoms with Gasteiger partial charge in [0.05, 0.1) is 39.6 Å². The van der Waals surface area contributed by atoms with E-state index in [0.717, 1.165) is 0 Å². The first kappa shape index (κ1) is 39.9. The van der Waals surface area contributed by atoms with E-state index in [2.05, 4.69) is 0 Å². The summed E-state index contributed by atoms with van der Waals surface area (Å²) in [5, 5.41) is 141. The van der Waals surface area contributed by atoms with Crippen LogP contribution in [-0.2, 0) is 37.9 Å². The average molecular weight is 711 g/mol. The summed E-state index contributed by atoms with van der Waals surface area (Å²) < 4.78 is 43.2. The van der Waals surface area contributed by atoms with Crippen LogP contribution in [0.2, 0.25) is 0 Å². The molecule has 14 N–H and O–H groups in total. The molecule has 0 aliphatic carbocycles. The Kier molecular flexibility index (Phi) is 14.6. The molecule has 4 aliphatic heterocycles. The average Bonchev–Trinajstić information content (AvgIpc) is 3.08. The highest BCUT2D eigenvalue weighted by atomic mass is 16.8. The Labute approximate surface area is 272 Å². The first-order chi connectivity index (χ1) is 22.8. The maximum Gasteiger partial charge on any atom is 0.187 e. The van der Waals surface area contributed by atoms with Gasteiger partial charge in [0.15, 0.2) is 25.2 Å². The van der Waals surface area contributed by atoms with Crippen molar-refractivity contribution in [3.05, 3.63) is 0 Å². The highest BCUT2D eigenvalue weighted by Crippen LogP contribution is 2.31. The predicted octanol–water partition coefficient (Wildman–Crippen LogP) is -9.73. The quantitative estimate of drug-likeness (QED) is 0.0789. The van der Waals surface area contributed by atoms with E-state index < -0.39 is 162 Å². The van der Waals surface area contributed by atoms with Crippen LogP contribution < -0.4 is 0 Å². The Hall–Kier alpha value is -0.880. The standard InChI is InChI=1S/C26H46O22/c27-3-7-11(31)13(33)17(37)25(43-7)47-21-9(5-29)45-23(19(39)15(21)35)41-1-2-42-24-20(40)16(36)22(10(6-30)46-24)48-26-18(38)14(34)12(32)8(4-28)44-26/h7-40H,1-6H2/t7-,8-,9-,10-,11-,12-,13+,14+,15-,16-,17-,18-,19-,20-,21-,22-,23-,24+,25-,26-/m1/s1. The van der Waals surface area contributed by atoms with E-state index in [4.69, 9.17) is 37.9 Å². The fourth-order valence-electron chi connectivity index (χ4n) is 5.71. The molecule has 0 radical (unpaired) electrons. The molecular formula is C26H46O22. The lowest BCUT2D eigenvalue weighted by Gasteiger charge is -2.46. The van der Waals surface area contributed by atoms with Gasteiger partial charge < -0.3 is 109 Å². The third-order valence-corrected chi connectivity index (χ3v) is 8.57. The summed E-state index contributed by atoms with van der Waals surface area (Å²) >= 11 is 0. The van der Waals surface area contributed by atoms with Crippen molar-refractivity contribution < 1.29 is 109 Å². The van der Waals surface area contributed by atoms with Crippen LogP contribution in [0, 0.1) is 0 Å². The second-order valence-electron chi connectivity index (χ2n) is 11.8. The van der Waals surface area contributed by atoms with Crippen LogP contribution in [-0.4, -0.2) is 234 Å². The Morgan fingerprint density at radius 1 is 0.333 bits per heavy atom. The number of hydrogen-bond donors (Lipinski definition) is 14. The zero-order valence-electron chi connectivity index (χ0n) is 25.3. The minimum absolute atomic E-state index is 0.401. The second-order valence-corrected chi connectivity index (χ2v) is 11.8. The fraction of sp³-hybridized carbons (Fsp3) is 1.00. The number of aliphatic hydroxyl groups excluding tert-OH is 14. The molecule has 20 atom stereocenters. The molecule has 0 unspecified atom stereocenters. The van der Waals surface area contributed by atoms with Crippen molar-refractivity contribution in [3.8, 4) is 0 Å². The molecule has 4 heterocycles. The van der Waals surface area contributed by atoms with E-state index in [1.54, 1.807) is 0 Å². The van der Waals surface area contributed by atoms with Gasteiger partial charge in [-0.15, -0.1) is 0 Å². The number of hydrogen-bond acceptors (Lipinski definition) is 22. The molecule has 22 nitrogen and oxygen atoms in total. The van der Waals surface area contributed by atoms with Crippen molar-refractivity contribution >= 4 is 0 Å². The molecule has 4 saturated heterocycles. The molecule has 22 heteroatoms. The van der Waals surface area contributed by atoms with Crippen LogP contribution in [0.1, 0.15) is 0 Å². The molecule has 0 spiro atoms. The van der Waals surface area contributed by atoms with Crippen LogP contribution >= 0.6 is 0 Å². The third-order valence-electron chi connectivity index (χ3n) is 8.57. The van der Waals surface area contributed by atoms with E-state index in [-0.39, 0.29) is 0 Å². The van der Waals surface area contributed by atoms with Gasteiger partial charge in [-0.25, -0.2) is 0 Å². The topological polar surface area (TPSA) is 357 Å². The lowest BCUT2D eigenvalue weighted by Crippen LogP contribution is -2.65. The van der Waals surface area contributed by atoms with Gasteiger partial charge in [-0.3, -0.25) is 0 Å². The van der Waals surface area contributed by atoms with Crippen molar-refractivity contribution in [3.63, 3.8) is 0 Å². The van der Waals surface area contributed by atoms with Crippen LogP contribution in [0.4, 0.5) is 0 Å². The summed E-state index contributed by atoms with van der Waals surface area (Å²) in [6.07, 6.45) is -33.0. The molecule has 0 saturated carbocycles. The normalized spacial score (nSPS) is 50.4. The van der Waals surface area contributed by atoms with E-state index in [9.17, 15) is 71.5 Å². The summed E-state index contributed by atoms with van der Waals surface area (Å²) in [7, 11) is 0. The molecule has 0 aromatic rings. The molecular weight excluding hydrogens is 664 g/mol. The van der Waals surface area contributed by atoms with Crippen LogP contribution in [0.5, 0.6) is 0 Å². The Bertz CT molecular complexity index is 885. The van der Waals surface area contributed by atoms with Gasteiger partial charge in [-0.05, 0) is 0 Å². The van der Waals surface area contributed by atoms with E-state index in [1.807, 2.05) is 0 Å². The lowest BCUT2D eigenvalue weighted by molar-refractivity contribution is -0.365. The molecule has 0 amide bonds. The van der Waals surface area contributed by atoms with Gasteiger partial charge in [-0.2, -0.15) is 0 Å². The van der Waals surface area contributed by atoms with Gasteiger partial charge in [0.2, 0.25) is 0 Å². The maximum absolute atomic E-state index is 10.7. The van der Waals surface area contributed by atoms with Crippen molar-refractivity contribution in [2.45, 2.75) is 123 Å². The van der Waals surface area contributed by atoms with Crippen LogP contribution in [0.3, 0.4) is 0 Å². The summed E-state index contributed by atoms with van der Waals surface area (Å²) in [6.45, 7) is -3.90. The fourth-order valence-corrected chi connectivity index (χ4v) is 5.71. The zero-order chi connectivity index (χ0) is 35.4. The maximum atomic E-state index is 10.7. The number of ether oxygens (including phenoxy) is 8. The van der Waals surface area contributed by atoms with E-state index in [1.165, 1.54) is 0 Å². The summed E-state index contributed by atoms with van der Waals surface area (Å²) in [4.78, 5) is 0. The summed E-state index contributed by atoms with van der Waals surface area (Å²) in [5.74, 6) is 0. The van der Waals surface area contributed by atoms with Crippen LogP contribution in [0.25, 0.3) is 0 Å². The number of aliphatic hydroxyl groups is 14. The highest BCUT2D eigenvalue weighted by Gasteiger charge is 2.52. The Balaban J connectivity index is 1.28. The molecule has 0 bridgehead atoms. The molecule has 4 aliphatic rings. The largest absolute Gasteiger partial charge is 0.394 e. The minimum Gasteiger partial charge on any atom is -0.394 e. The molecule has 48 heavy (non-hydrogen) atoms. The molecule has 4 rings (SSSR count). The minimum atomic E-state index is -1.84.